The molecule has 1 aromatic carbocycles. The van der Waals surface area contributed by atoms with Crippen LogP contribution in [0, 0.1) is 0 Å². The predicted molar refractivity (Wildman–Crippen MR) is 71.6 cm³/mol. The standard InChI is InChI=1S/C14H18ClNO2/c1-11-10-16(8-5-9-18-11)14(17)13(15)12-6-3-2-4-7-12/h2-4,6-7,11,13H,5,8-10H2,1H3. The maximum atomic E-state index is 12.3. The highest BCUT2D eigenvalue weighted by Crippen LogP contribution is 2.23. The van der Waals surface area contributed by atoms with E-state index in [2.05, 4.69) is 0 Å². The molecule has 4 heteroatoms. The molecular weight excluding hydrogens is 250 g/mol. The molecule has 0 aromatic heterocycles. The van der Waals surface area contributed by atoms with Gasteiger partial charge in [0.05, 0.1) is 6.10 Å². The smallest absolute Gasteiger partial charge is 0.245 e. The Labute approximate surface area is 113 Å². The summed E-state index contributed by atoms with van der Waals surface area (Å²) in [6.45, 7) is 4.04. The number of carbonyl (C=O) groups excluding carboxylic acids is 1. The first kappa shape index (κ1) is 13.4. The number of ether oxygens (including phenoxy) is 1. The number of halogens is 1. The van der Waals surface area contributed by atoms with E-state index in [1.807, 2.05) is 42.2 Å². The lowest BCUT2D eigenvalue weighted by molar-refractivity contribution is -0.131. The first-order valence-electron chi connectivity index (χ1n) is 6.28. The molecular formula is C14H18ClNO2. The molecule has 0 radical (unpaired) electrons. The average Bonchev–Trinajstić information content (AvgIpc) is 2.63. The van der Waals surface area contributed by atoms with Crippen LogP contribution in [0.1, 0.15) is 24.3 Å². The third kappa shape index (κ3) is 3.24. The second-order valence-corrected chi connectivity index (χ2v) is 5.03. The third-order valence-corrected chi connectivity index (χ3v) is 3.51. The van der Waals surface area contributed by atoms with Gasteiger partial charge in [-0.25, -0.2) is 0 Å². The van der Waals surface area contributed by atoms with E-state index in [9.17, 15) is 4.79 Å². The maximum Gasteiger partial charge on any atom is 0.245 e. The Balaban J connectivity index is 2.06. The molecule has 2 rings (SSSR count). The van der Waals surface area contributed by atoms with Crippen molar-refractivity contribution in [2.24, 2.45) is 0 Å². The van der Waals surface area contributed by atoms with Crippen LogP contribution in [0.5, 0.6) is 0 Å². The van der Waals surface area contributed by atoms with Gasteiger partial charge in [0, 0.05) is 19.7 Å². The van der Waals surface area contributed by atoms with Crippen LogP contribution in [0.4, 0.5) is 0 Å². The summed E-state index contributed by atoms with van der Waals surface area (Å²) >= 11 is 6.26. The molecule has 1 aliphatic rings. The highest BCUT2D eigenvalue weighted by atomic mass is 35.5. The Morgan fingerprint density at radius 3 is 2.89 bits per heavy atom. The van der Waals surface area contributed by atoms with Gasteiger partial charge < -0.3 is 9.64 Å². The van der Waals surface area contributed by atoms with Crippen molar-refractivity contribution in [2.45, 2.75) is 24.8 Å². The Hall–Kier alpha value is -1.06. The monoisotopic (exact) mass is 267 g/mol. The van der Waals surface area contributed by atoms with Crippen LogP contribution in [-0.2, 0) is 9.53 Å². The van der Waals surface area contributed by atoms with Crippen molar-refractivity contribution >= 4 is 17.5 Å². The molecule has 2 unspecified atom stereocenters. The lowest BCUT2D eigenvalue weighted by Crippen LogP contribution is -2.37. The summed E-state index contributed by atoms with van der Waals surface area (Å²) in [6.07, 6.45) is 0.949. The van der Waals surface area contributed by atoms with Gasteiger partial charge in [-0.15, -0.1) is 11.6 Å². The highest BCUT2D eigenvalue weighted by molar-refractivity contribution is 6.30. The minimum absolute atomic E-state index is 0.0276. The summed E-state index contributed by atoms with van der Waals surface area (Å²) < 4.78 is 5.53. The Kier molecular flexibility index (Phi) is 4.61. The van der Waals surface area contributed by atoms with Gasteiger partial charge in [-0.3, -0.25) is 4.79 Å². The number of nitrogens with zero attached hydrogens (tertiary/aromatic N) is 1. The Morgan fingerprint density at radius 1 is 1.44 bits per heavy atom. The number of rotatable bonds is 2. The van der Waals surface area contributed by atoms with Gasteiger partial charge in [-0.2, -0.15) is 0 Å². The van der Waals surface area contributed by atoms with E-state index in [0.717, 1.165) is 18.5 Å². The molecule has 1 heterocycles. The zero-order valence-corrected chi connectivity index (χ0v) is 11.3. The molecule has 0 bridgehead atoms. The number of amides is 1. The maximum absolute atomic E-state index is 12.3. The van der Waals surface area contributed by atoms with Crippen molar-refractivity contribution in [2.75, 3.05) is 19.7 Å². The second kappa shape index (κ2) is 6.21. The van der Waals surface area contributed by atoms with E-state index < -0.39 is 5.38 Å². The molecule has 18 heavy (non-hydrogen) atoms. The lowest BCUT2D eigenvalue weighted by atomic mass is 10.1. The SMILES string of the molecule is CC1CN(C(=O)C(Cl)c2ccccc2)CCCO1. The van der Waals surface area contributed by atoms with Crippen LogP contribution in [0.15, 0.2) is 30.3 Å². The van der Waals surface area contributed by atoms with Gasteiger partial charge in [0.2, 0.25) is 5.91 Å². The topological polar surface area (TPSA) is 29.5 Å². The minimum Gasteiger partial charge on any atom is -0.377 e. The molecule has 98 valence electrons. The largest absolute Gasteiger partial charge is 0.377 e. The summed E-state index contributed by atoms with van der Waals surface area (Å²) in [5.74, 6) is -0.0276. The summed E-state index contributed by atoms with van der Waals surface area (Å²) in [4.78, 5) is 14.1. The normalized spacial score (nSPS) is 22.3. The number of alkyl halides is 1. The van der Waals surface area contributed by atoms with Crippen LogP contribution in [-0.4, -0.2) is 36.6 Å². The molecule has 3 nitrogen and oxygen atoms in total. The number of hydrogen-bond donors (Lipinski definition) is 0. The van der Waals surface area contributed by atoms with Crippen LogP contribution >= 0.6 is 11.6 Å². The molecule has 0 aliphatic carbocycles. The molecule has 1 amide bonds. The number of hydrogen-bond acceptors (Lipinski definition) is 2. The summed E-state index contributed by atoms with van der Waals surface area (Å²) in [6, 6.07) is 9.47. The fraction of sp³-hybridized carbons (Fsp3) is 0.500. The van der Waals surface area contributed by atoms with Gasteiger partial charge in [-0.1, -0.05) is 30.3 Å². The van der Waals surface area contributed by atoms with Crippen molar-refractivity contribution < 1.29 is 9.53 Å². The Bertz CT molecular complexity index is 396. The first-order valence-corrected chi connectivity index (χ1v) is 6.71. The van der Waals surface area contributed by atoms with Crippen molar-refractivity contribution in [1.29, 1.82) is 0 Å². The van der Waals surface area contributed by atoms with Gasteiger partial charge in [0.1, 0.15) is 5.38 Å². The van der Waals surface area contributed by atoms with E-state index in [0.29, 0.717) is 13.2 Å². The lowest BCUT2D eigenvalue weighted by Gasteiger charge is -2.24. The van der Waals surface area contributed by atoms with E-state index >= 15 is 0 Å². The molecule has 0 saturated carbocycles. The van der Waals surface area contributed by atoms with Crippen LogP contribution in [0.25, 0.3) is 0 Å². The quantitative estimate of drug-likeness (QED) is 0.771. The molecule has 0 N–H and O–H groups in total. The summed E-state index contributed by atoms with van der Waals surface area (Å²) in [5, 5.41) is -0.600. The minimum atomic E-state index is -0.600. The summed E-state index contributed by atoms with van der Waals surface area (Å²) in [7, 11) is 0. The summed E-state index contributed by atoms with van der Waals surface area (Å²) in [5.41, 5.74) is 0.849. The number of carbonyl (C=O) groups is 1. The van der Waals surface area contributed by atoms with Crippen molar-refractivity contribution in [3.05, 3.63) is 35.9 Å². The average molecular weight is 268 g/mol. The molecule has 0 spiro atoms. The van der Waals surface area contributed by atoms with E-state index in [4.69, 9.17) is 16.3 Å². The van der Waals surface area contributed by atoms with Gasteiger partial charge in [0.15, 0.2) is 0 Å². The molecule has 1 aliphatic heterocycles. The van der Waals surface area contributed by atoms with Crippen LogP contribution in [0.2, 0.25) is 0 Å². The molecule has 2 atom stereocenters. The van der Waals surface area contributed by atoms with Crippen LogP contribution in [0.3, 0.4) is 0 Å². The van der Waals surface area contributed by atoms with E-state index in [-0.39, 0.29) is 12.0 Å². The van der Waals surface area contributed by atoms with Gasteiger partial charge in [0.25, 0.3) is 0 Å². The fourth-order valence-corrected chi connectivity index (χ4v) is 2.40. The molecule has 1 aromatic rings. The first-order chi connectivity index (χ1) is 8.68. The molecule has 1 fully saturated rings. The number of benzene rings is 1. The van der Waals surface area contributed by atoms with E-state index in [1.165, 1.54) is 0 Å². The zero-order chi connectivity index (χ0) is 13.0. The second-order valence-electron chi connectivity index (χ2n) is 4.59. The fourth-order valence-electron chi connectivity index (χ4n) is 2.12. The highest BCUT2D eigenvalue weighted by Gasteiger charge is 2.26. The predicted octanol–water partition coefficient (Wildman–Crippen LogP) is 2.60. The Morgan fingerprint density at radius 2 is 2.17 bits per heavy atom. The van der Waals surface area contributed by atoms with E-state index in [1.54, 1.807) is 0 Å². The molecule has 1 saturated heterocycles. The van der Waals surface area contributed by atoms with Crippen molar-refractivity contribution in [3.8, 4) is 0 Å². The third-order valence-electron chi connectivity index (χ3n) is 3.07. The zero-order valence-electron chi connectivity index (χ0n) is 10.5. The van der Waals surface area contributed by atoms with Gasteiger partial charge in [-0.05, 0) is 18.9 Å². The van der Waals surface area contributed by atoms with Gasteiger partial charge >= 0.3 is 0 Å². The van der Waals surface area contributed by atoms with Crippen molar-refractivity contribution in [3.63, 3.8) is 0 Å². The van der Waals surface area contributed by atoms with Crippen LogP contribution < -0.4 is 0 Å². The van der Waals surface area contributed by atoms with Crippen molar-refractivity contribution in [1.82, 2.24) is 4.90 Å².